The normalized spacial score (nSPS) is 12.1. The van der Waals surface area contributed by atoms with Crippen LogP contribution in [-0.4, -0.2) is 28.7 Å². The first-order valence-corrected chi connectivity index (χ1v) is 6.60. The molecule has 1 rings (SSSR count). The third kappa shape index (κ3) is 4.66. The van der Waals surface area contributed by atoms with E-state index in [4.69, 9.17) is 5.73 Å². The van der Waals surface area contributed by atoms with Gasteiger partial charge in [0.05, 0.1) is 5.60 Å². The number of nitrogens with zero attached hydrogens (tertiary/aromatic N) is 1. The maximum Gasteiger partial charge on any atom is 0.0718 e. The molecule has 0 spiro atoms. The lowest BCUT2D eigenvalue weighted by atomic mass is 10.1. The Bertz CT molecular complexity index is 354. The first-order valence-electron chi connectivity index (χ1n) is 5.81. The summed E-state index contributed by atoms with van der Waals surface area (Å²) in [5.74, 6) is 0. The predicted molar refractivity (Wildman–Crippen MR) is 75.8 cm³/mol. The van der Waals surface area contributed by atoms with Gasteiger partial charge in [0.2, 0.25) is 0 Å². The number of rotatable bonds is 5. The van der Waals surface area contributed by atoms with Gasteiger partial charge in [-0.15, -0.1) is 0 Å². The summed E-state index contributed by atoms with van der Waals surface area (Å²) in [6, 6.07) is 5.82. The second-order valence-corrected chi connectivity index (χ2v) is 5.78. The van der Waals surface area contributed by atoms with Crippen LogP contribution in [0.1, 0.15) is 26.3 Å². The molecule has 0 atom stereocenters. The molecular weight excluding hydrogens is 280 g/mol. The van der Waals surface area contributed by atoms with Crippen LogP contribution in [0, 0.1) is 0 Å². The van der Waals surface area contributed by atoms with Crippen LogP contribution in [0.4, 0.5) is 5.69 Å². The molecule has 0 unspecified atom stereocenters. The first-order chi connectivity index (χ1) is 7.83. The molecule has 1 aromatic rings. The zero-order chi connectivity index (χ0) is 13.1. The fourth-order valence-corrected chi connectivity index (χ4v) is 2.30. The van der Waals surface area contributed by atoms with Gasteiger partial charge in [0.25, 0.3) is 0 Å². The zero-order valence-corrected chi connectivity index (χ0v) is 12.3. The Morgan fingerprint density at radius 1 is 1.41 bits per heavy atom. The minimum Gasteiger partial charge on any atom is -0.398 e. The van der Waals surface area contributed by atoms with Gasteiger partial charge in [0.1, 0.15) is 0 Å². The average Bonchev–Trinajstić information content (AvgIpc) is 2.20. The molecule has 0 aliphatic heterocycles. The van der Waals surface area contributed by atoms with Crippen LogP contribution in [0.5, 0.6) is 0 Å². The molecule has 0 aliphatic carbocycles. The van der Waals surface area contributed by atoms with Gasteiger partial charge in [-0.25, -0.2) is 0 Å². The number of benzene rings is 1. The third-order valence-corrected chi connectivity index (χ3v) is 3.34. The number of aliphatic hydroxyl groups is 1. The van der Waals surface area contributed by atoms with E-state index in [0.717, 1.165) is 28.8 Å². The van der Waals surface area contributed by atoms with E-state index in [-0.39, 0.29) is 0 Å². The second-order valence-electron chi connectivity index (χ2n) is 4.92. The van der Waals surface area contributed by atoms with Gasteiger partial charge in [-0.3, -0.25) is 4.90 Å². The molecule has 96 valence electrons. The average molecular weight is 301 g/mol. The molecule has 0 amide bonds. The summed E-state index contributed by atoms with van der Waals surface area (Å²) in [6.07, 6.45) is 0. The highest BCUT2D eigenvalue weighted by atomic mass is 79.9. The molecule has 1 aromatic carbocycles. The minimum atomic E-state index is -0.688. The van der Waals surface area contributed by atoms with E-state index in [1.807, 2.05) is 32.0 Å². The summed E-state index contributed by atoms with van der Waals surface area (Å²) < 4.78 is 1.02. The quantitative estimate of drug-likeness (QED) is 0.822. The molecule has 3 N–H and O–H groups in total. The first kappa shape index (κ1) is 14.5. The summed E-state index contributed by atoms with van der Waals surface area (Å²) in [4.78, 5) is 2.18. The number of hydrogen-bond donors (Lipinski definition) is 2. The van der Waals surface area contributed by atoms with Crippen molar-refractivity contribution in [3.05, 3.63) is 28.2 Å². The van der Waals surface area contributed by atoms with E-state index >= 15 is 0 Å². The molecule has 0 saturated heterocycles. The van der Waals surface area contributed by atoms with Crippen molar-refractivity contribution >= 4 is 21.6 Å². The Labute approximate surface area is 112 Å². The van der Waals surface area contributed by atoms with E-state index in [0.29, 0.717) is 6.54 Å². The van der Waals surface area contributed by atoms with Gasteiger partial charge in [-0.05, 0) is 32.5 Å². The van der Waals surface area contributed by atoms with Crippen LogP contribution in [0.3, 0.4) is 0 Å². The number of anilines is 1. The lowest BCUT2D eigenvalue weighted by molar-refractivity contribution is 0.0353. The topological polar surface area (TPSA) is 49.5 Å². The van der Waals surface area contributed by atoms with Crippen molar-refractivity contribution in [2.24, 2.45) is 0 Å². The molecule has 0 fully saturated rings. The highest BCUT2D eigenvalue weighted by Gasteiger charge is 2.18. The summed E-state index contributed by atoms with van der Waals surface area (Å²) in [7, 11) is 0. The number of hydrogen-bond acceptors (Lipinski definition) is 3. The van der Waals surface area contributed by atoms with Crippen LogP contribution in [-0.2, 0) is 6.54 Å². The fraction of sp³-hybridized carbons (Fsp3) is 0.538. The van der Waals surface area contributed by atoms with Crippen molar-refractivity contribution in [1.82, 2.24) is 4.90 Å². The van der Waals surface area contributed by atoms with E-state index in [2.05, 4.69) is 27.8 Å². The number of nitrogens with two attached hydrogens (primary N) is 1. The molecular formula is C13H21BrN2O. The monoisotopic (exact) mass is 300 g/mol. The third-order valence-electron chi connectivity index (χ3n) is 2.59. The molecule has 17 heavy (non-hydrogen) atoms. The van der Waals surface area contributed by atoms with Crippen LogP contribution in [0.25, 0.3) is 0 Å². The lowest BCUT2D eigenvalue weighted by Crippen LogP contribution is -2.38. The van der Waals surface area contributed by atoms with Crippen molar-refractivity contribution in [2.75, 3.05) is 18.8 Å². The molecule has 0 radical (unpaired) electrons. The lowest BCUT2D eigenvalue weighted by Gasteiger charge is -2.28. The largest absolute Gasteiger partial charge is 0.398 e. The molecule has 3 nitrogen and oxygen atoms in total. The van der Waals surface area contributed by atoms with Gasteiger partial charge >= 0.3 is 0 Å². The summed E-state index contributed by atoms with van der Waals surface area (Å²) in [5.41, 5.74) is 7.15. The minimum absolute atomic E-state index is 0.629. The molecule has 4 heteroatoms. The van der Waals surface area contributed by atoms with Crippen molar-refractivity contribution in [3.8, 4) is 0 Å². The highest BCUT2D eigenvalue weighted by molar-refractivity contribution is 9.10. The van der Waals surface area contributed by atoms with E-state index in [1.165, 1.54) is 0 Å². The highest BCUT2D eigenvalue weighted by Crippen LogP contribution is 2.24. The van der Waals surface area contributed by atoms with E-state index in [9.17, 15) is 5.11 Å². The molecule has 0 heterocycles. The number of nitrogen functional groups attached to an aromatic ring is 1. The maximum absolute atomic E-state index is 9.85. The Kier molecular flexibility index (Phi) is 4.98. The van der Waals surface area contributed by atoms with Gasteiger partial charge in [-0.1, -0.05) is 28.9 Å². The van der Waals surface area contributed by atoms with Gasteiger partial charge < -0.3 is 10.8 Å². The SMILES string of the molecule is CCN(Cc1c(N)cccc1Br)CC(C)(C)O. The second kappa shape index (κ2) is 5.85. The Balaban J connectivity index is 2.81. The molecule has 0 saturated carbocycles. The van der Waals surface area contributed by atoms with Crippen LogP contribution >= 0.6 is 15.9 Å². The van der Waals surface area contributed by atoms with Crippen molar-refractivity contribution in [2.45, 2.75) is 32.9 Å². The zero-order valence-electron chi connectivity index (χ0n) is 10.7. The van der Waals surface area contributed by atoms with Crippen molar-refractivity contribution in [3.63, 3.8) is 0 Å². The fourth-order valence-electron chi connectivity index (χ4n) is 1.79. The molecule has 0 aromatic heterocycles. The molecule has 0 bridgehead atoms. The Morgan fingerprint density at radius 3 is 2.53 bits per heavy atom. The smallest absolute Gasteiger partial charge is 0.0718 e. The summed E-state index contributed by atoms with van der Waals surface area (Å²) in [5, 5.41) is 9.85. The van der Waals surface area contributed by atoms with Crippen molar-refractivity contribution in [1.29, 1.82) is 0 Å². The van der Waals surface area contributed by atoms with Crippen LogP contribution in [0.15, 0.2) is 22.7 Å². The van der Waals surface area contributed by atoms with Crippen molar-refractivity contribution < 1.29 is 5.11 Å². The Hall–Kier alpha value is -0.580. The van der Waals surface area contributed by atoms with Gasteiger partial charge in [-0.2, -0.15) is 0 Å². The number of likely N-dealkylation sites (N-methyl/N-ethyl adjacent to an activating group) is 1. The van der Waals surface area contributed by atoms with Gasteiger partial charge in [0.15, 0.2) is 0 Å². The van der Waals surface area contributed by atoms with E-state index < -0.39 is 5.60 Å². The Morgan fingerprint density at radius 2 is 2.06 bits per heavy atom. The molecule has 0 aliphatic rings. The van der Waals surface area contributed by atoms with Crippen LogP contribution < -0.4 is 5.73 Å². The number of halogens is 1. The predicted octanol–water partition coefficient (Wildman–Crippen LogP) is 2.62. The maximum atomic E-state index is 9.85. The van der Waals surface area contributed by atoms with Gasteiger partial charge in [0, 0.05) is 28.8 Å². The van der Waals surface area contributed by atoms with E-state index in [1.54, 1.807) is 0 Å². The van der Waals surface area contributed by atoms with Crippen LogP contribution in [0.2, 0.25) is 0 Å². The summed E-state index contributed by atoms with van der Waals surface area (Å²) >= 11 is 3.52. The summed E-state index contributed by atoms with van der Waals surface area (Å²) in [6.45, 7) is 7.97. The standard InChI is InChI=1S/C13H21BrN2O/c1-4-16(9-13(2,3)17)8-10-11(14)6-5-7-12(10)15/h5-7,17H,4,8-9,15H2,1-3H3.